The predicted molar refractivity (Wildman–Crippen MR) is 46.8 cm³/mol. The van der Waals surface area contributed by atoms with Gasteiger partial charge in [-0.25, -0.2) is 0 Å². The van der Waals surface area contributed by atoms with E-state index in [9.17, 15) is 4.79 Å². The van der Waals surface area contributed by atoms with E-state index in [0.717, 1.165) is 25.3 Å². The number of nitrogens with one attached hydrogen (secondary N) is 1. The molecule has 1 atom stereocenters. The summed E-state index contributed by atoms with van der Waals surface area (Å²) in [5.41, 5.74) is 1.53. The largest absolute Gasteiger partial charge is 0.381 e. The molecule has 1 aromatic heterocycles. The number of Topliss-reactive ketones (excluding diaryl/α,β-unsaturated/α-hetero) is 1. The van der Waals surface area contributed by atoms with E-state index in [-0.39, 0.29) is 5.78 Å². The second-order valence-corrected chi connectivity index (χ2v) is 3.33. The molecular weight excluding hydrogens is 168 g/mol. The van der Waals surface area contributed by atoms with Crippen LogP contribution in [0.15, 0.2) is 6.07 Å². The van der Waals surface area contributed by atoms with Crippen molar-refractivity contribution in [1.82, 2.24) is 10.2 Å². The molecule has 0 spiro atoms. The second-order valence-electron chi connectivity index (χ2n) is 3.33. The molecule has 0 radical (unpaired) electrons. The molecule has 1 N–H and O–H groups in total. The summed E-state index contributed by atoms with van der Waals surface area (Å²) in [5.74, 6) is 0.391. The van der Waals surface area contributed by atoms with Gasteiger partial charge in [-0.3, -0.25) is 9.89 Å². The van der Waals surface area contributed by atoms with Crippen LogP contribution in [0.1, 0.15) is 35.4 Å². The van der Waals surface area contributed by atoms with Gasteiger partial charge in [-0.1, -0.05) is 0 Å². The van der Waals surface area contributed by atoms with Crippen molar-refractivity contribution in [3.63, 3.8) is 0 Å². The number of aromatic amines is 1. The van der Waals surface area contributed by atoms with Crippen LogP contribution in [0.2, 0.25) is 0 Å². The Morgan fingerprint density at radius 3 is 3.15 bits per heavy atom. The molecule has 2 rings (SSSR count). The number of carbonyl (C=O) groups is 1. The van der Waals surface area contributed by atoms with E-state index in [1.807, 2.05) is 6.07 Å². The average molecular weight is 180 g/mol. The molecule has 2 heterocycles. The smallest absolute Gasteiger partial charge is 0.179 e. The summed E-state index contributed by atoms with van der Waals surface area (Å²) < 4.78 is 5.25. The number of ketones is 1. The zero-order chi connectivity index (χ0) is 9.26. The summed E-state index contributed by atoms with van der Waals surface area (Å²) in [6.45, 7) is 3.06. The third kappa shape index (κ3) is 1.62. The first kappa shape index (κ1) is 8.44. The van der Waals surface area contributed by atoms with Crippen molar-refractivity contribution in [3.8, 4) is 0 Å². The Morgan fingerprint density at radius 1 is 1.77 bits per heavy atom. The molecule has 0 amide bonds. The quantitative estimate of drug-likeness (QED) is 0.694. The first-order chi connectivity index (χ1) is 6.27. The minimum absolute atomic E-state index is 0.00131. The predicted octanol–water partition coefficient (Wildman–Crippen LogP) is 1.12. The van der Waals surface area contributed by atoms with Gasteiger partial charge in [0.15, 0.2) is 5.78 Å². The minimum Gasteiger partial charge on any atom is -0.381 e. The van der Waals surface area contributed by atoms with E-state index in [4.69, 9.17) is 4.74 Å². The average Bonchev–Trinajstić information content (AvgIpc) is 2.75. The molecule has 1 fully saturated rings. The SMILES string of the molecule is CC(=O)c1cc(C2CCOC2)[nH]n1. The molecule has 1 aliphatic heterocycles. The maximum atomic E-state index is 11.0. The van der Waals surface area contributed by atoms with Gasteiger partial charge in [0.2, 0.25) is 0 Å². The fourth-order valence-electron chi connectivity index (χ4n) is 1.51. The van der Waals surface area contributed by atoms with E-state index in [1.54, 1.807) is 0 Å². The van der Waals surface area contributed by atoms with Gasteiger partial charge >= 0.3 is 0 Å². The number of ether oxygens (including phenoxy) is 1. The lowest BCUT2D eigenvalue weighted by molar-refractivity contribution is 0.101. The summed E-state index contributed by atoms with van der Waals surface area (Å²) in [7, 11) is 0. The van der Waals surface area contributed by atoms with Crippen LogP contribution in [-0.4, -0.2) is 29.2 Å². The van der Waals surface area contributed by atoms with Crippen molar-refractivity contribution in [2.24, 2.45) is 0 Å². The van der Waals surface area contributed by atoms with Gasteiger partial charge in [0.25, 0.3) is 0 Å². The molecule has 4 heteroatoms. The van der Waals surface area contributed by atoms with E-state index in [2.05, 4.69) is 10.2 Å². The van der Waals surface area contributed by atoms with Gasteiger partial charge < -0.3 is 4.74 Å². The summed E-state index contributed by atoms with van der Waals surface area (Å²) in [6, 6.07) is 1.82. The van der Waals surface area contributed by atoms with Crippen molar-refractivity contribution in [3.05, 3.63) is 17.5 Å². The van der Waals surface area contributed by atoms with Crippen molar-refractivity contribution < 1.29 is 9.53 Å². The Morgan fingerprint density at radius 2 is 2.62 bits per heavy atom. The summed E-state index contributed by atoms with van der Waals surface area (Å²) in [5, 5.41) is 6.81. The lowest BCUT2D eigenvalue weighted by atomic mass is 10.0. The number of H-pyrrole nitrogens is 1. The summed E-state index contributed by atoms with van der Waals surface area (Å²) in [4.78, 5) is 11.0. The zero-order valence-corrected chi connectivity index (χ0v) is 7.54. The van der Waals surface area contributed by atoms with Crippen LogP contribution in [0, 0.1) is 0 Å². The highest BCUT2D eigenvalue weighted by molar-refractivity contribution is 5.92. The molecule has 0 aromatic carbocycles. The lowest BCUT2D eigenvalue weighted by Crippen LogP contribution is -1.97. The Labute approximate surface area is 76.3 Å². The Balaban J connectivity index is 2.16. The van der Waals surface area contributed by atoms with Gasteiger partial charge in [-0.05, 0) is 12.5 Å². The van der Waals surface area contributed by atoms with E-state index >= 15 is 0 Å². The van der Waals surface area contributed by atoms with Crippen LogP contribution < -0.4 is 0 Å². The van der Waals surface area contributed by atoms with Crippen LogP contribution in [0.4, 0.5) is 0 Å². The molecular formula is C9H12N2O2. The van der Waals surface area contributed by atoms with Crippen molar-refractivity contribution in [1.29, 1.82) is 0 Å². The number of aromatic nitrogens is 2. The summed E-state index contributed by atoms with van der Waals surface area (Å²) >= 11 is 0. The van der Waals surface area contributed by atoms with E-state index in [1.165, 1.54) is 6.92 Å². The van der Waals surface area contributed by atoms with Gasteiger partial charge in [0, 0.05) is 25.1 Å². The first-order valence-electron chi connectivity index (χ1n) is 4.41. The molecule has 0 bridgehead atoms. The van der Waals surface area contributed by atoms with Crippen molar-refractivity contribution >= 4 is 5.78 Å². The fourth-order valence-corrected chi connectivity index (χ4v) is 1.51. The van der Waals surface area contributed by atoms with Crippen LogP contribution in [-0.2, 0) is 4.74 Å². The fraction of sp³-hybridized carbons (Fsp3) is 0.556. The minimum atomic E-state index is 0.00131. The molecule has 1 unspecified atom stereocenters. The van der Waals surface area contributed by atoms with Gasteiger partial charge in [-0.15, -0.1) is 0 Å². The summed E-state index contributed by atoms with van der Waals surface area (Å²) in [6.07, 6.45) is 1.01. The van der Waals surface area contributed by atoms with E-state index < -0.39 is 0 Å². The molecule has 0 aliphatic carbocycles. The third-order valence-corrected chi connectivity index (χ3v) is 2.33. The molecule has 1 saturated heterocycles. The van der Waals surface area contributed by atoms with Gasteiger partial charge in [0.05, 0.1) is 6.61 Å². The second kappa shape index (κ2) is 3.30. The molecule has 0 saturated carbocycles. The third-order valence-electron chi connectivity index (χ3n) is 2.33. The Kier molecular flexibility index (Phi) is 2.14. The number of hydrogen-bond donors (Lipinski definition) is 1. The Bertz CT molecular complexity index is 313. The Hall–Kier alpha value is -1.16. The highest BCUT2D eigenvalue weighted by atomic mass is 16.5. The van der Waals surface area contributed by atoms with Crippen molar-refractivity contribution in [2.45, 2.75) is 19.3 Å². The van der Waals surface area contributed by atoms with Crippen LogP contribution >= 0.6 is 0 Å². The van der Waals surface area contributed by atoms with E-state index in [0.29, 0.717) is 11.6 Å². The molecule has 1 aliphatic rings. The number of rotatable bonds is 2. The van der Waals surface area contributed by atoms with Gasteiger partial charge in [-0.2, -0.15) is 5.10 Å². The maximum absolute atomic E-state index is 11.0. The zero-order valence-electron chi connectivity index (χ0n) is 7.54. The van der Waals surface area contributed by atoms with Crippen LogP contribution in [0.5, 0.6) is 0 Å². The maximum Gasteiger partial charge on any atom is 0.179 e. The highest BCUT2D eigenvalue weighted by Gasteiger charge is 2.20. The van der Waals surface area contributed by atoms with Crippen LogP contribution in [0.25, 0.3) is 0 Å². The molecule has 1 aromatic rings. The first-order valence-corrected chi connectivity index (χ1v) is 4.41. The normalized spacial score (nSPS) is 22.1. The lowest BCUT2D eigenvalue weighted by Gasteiger charge is -2.01. The standard InChI is InChI=1S/C9H12N2O2/c1-6(12)8-4-9(11-10-8)7-2-3-13-5-7/h4,7H,2-3,5H2,1H3,(H,10,11). The highest BCUT2D eigenvalue weighted by Crippen LogP contribution is 2.23. The van der Waals surface area contributed by atoms with Crippen molar-refractivity contribution in [2.75, 3.05) is 13.2 Å². The monoisotopic (exact) mass is 180 g/mol. The molecule has 13 heavy (non-hydrogen) atoms. The van der Waals surface area contributed by atoms with Crippen LogP contribution in [0.3, 0.4) is 0 Å². The molecule has 70 valence electrons. The number of carbonyl (C=O) groups excluding carboxylic acids is 1. The molecule has 4 nitrogen and oxygen atoms in total. The topological polar surface area (TPSA) is 55.0 Å². The van der Waals surface area contributed by atoms with Gasteiger partial charge in [0.1, 0.15) is 5.69 Å². The number of hydrogen-bond acceptors (Lipinski definition) is 3. The number of nitrogens with zero attached hydrogens (tertiary/aromatic N) is 1.